The van der Waals surface area contributed by atoms with Crippen molar-refractivity contribution >= 4 is 5.71 Å². The summed E-state index contributed by atoms with van der Waals surface area (Å²) < 4.78 is 0. The van der Waals surface area contributed by atoms with Crippen molar-refractivity contribution in [1.82, 2.24) is 0 Å². The summed E-state index contributed by atoms with van der Waals surface area (Å²) in [5.74, 6) is 0.542. The molecule has 0 bridgehead atoms. The molecule has 9 heavy (non-hydrogen) atoms. The van der Waals surface area contributed by atoms with Crippen LogP contribution in [0.5, 0.6) is 0 Å². The summed E-state index contributed by atoms with van der Waals surface area (Å²) in [5, 5.41) is 3.73. The van der Waals surface area contributed by atoms with Crippen LogP contribution in [0.15, 0.2) is 5.16 Å². The van der Waals surface area contributed by atoms with Crippen LogP contribution in [-0.4, -0.2) is 12.3 Å². The molecule has 0 saturated carbocycles. The standard InChI is InChI=1S/C5H9NO.C2H6/c1-4-3-7-6-5(4)2;1-2/h4H,3H2,1-2H3;1-2H3. The first-order chi connectivity index (χ1) is 4.30. The van der Waals surface area contributed by atoms with Gasteiger partial charge in [-0.05, 0) is 6.92 Å². The van der Waals surface area contributed by atoms with E-state index in [2.05, 4.69) is 12.1 Å². The zero-order valence-corrected chi connectivity index (χ0v) is 6.64. The molecular weight excluding hydrogens is 114 g/mol. The Labute approximate surface area is 56.9 Å². The van der Waals surface area contributed by atoms with Gasteiger partial charge < -0.3 is 4.84 Å². The van der Waals surface area contributed by atoms with E-state index >= 15 is 0 Å². The average Bonchev–Trinajstić information content (AvgIpc) is 2.23. The molecule has 54 valence electrons. The quantitative estimate of drug-likeness (QED) is 0.490. The molecule has 0 fully saturated rings. The topological polar surface area (TPSA) is 21.6 Å². The van der Waals surface area contributed by atoms with E-state index in [-0.39, 0.29) is 0 Å². The van der Waals surface area contributed by atoms with Gasteiger partial charge in [-0.15, -0.1) is 0 Å². The highest BCUT2D eigenvalue weighted by atomic mass is 16.6. The fraction of sp³-hybridized carbons (Fsp3) is 0.857. The molecule has 0 N–H and O–H groups in total. The third kappa shape index (κ3) is 2.49. The molecule has 1 rings (SSSR count). The van der Waals surface area contributed by atoms with E-state index in [1.807, 2.05) is 20.8 Å². The Kier molecular flexibility index (Phi) is 4.10. The first kappa shape index (κ1) is 8.47. The summed E-state index contributed by atoms with van der Waals surface area (Å²) in [6.07, 6.45) is 0. The minimum atomic E-state index is 0.542. The zero-order valence-electron chi connectivity index (χ0n) is 6.64. The molecule has 0 aromatic heterocycles. The Morgan fingerprint density at radius 1 is 1.56 bits per heavy atom. The normalized spacial score (nSPS) is 23.6. The van der Waals surface area contributed by atoms with E-state index in [0.717, 1.165) is 12.3 Å². The molecule has 1 heterocycles. The van der Waals surface area contributed by atoms with Gasteiger partial charge in [0, 0.05) is 5.92 Å². The van der Waals surface area contributed by atoms with E-state index in [9.17, 15) is 0 Å². The molecule has 1 unspecified atom stereocenters. The van der Waals surface area contributed by atoms with Crippen LogP contribution in [0.1, 0.15) is 27.7 Å². The van der Waals surface area contributed by atoms with E-state index in [0.29, 0.717) is 5.92 Å². The highest BCUT2D eigenvalue weighted by Gasteiger charge is 2.11. The fourth-order valence-electron chi connectivity index (χ4n) is 0.461. The maximum atomic E-state index is 4.76. The lowest BCUT2D eigenvalue weighted by Gasteiger charge is -1.92. The molecule has 2 nitrogen and oxygen atoms in total. The minimum Gasteiger partial charge on any atom is -0.395 e. The van der Waals surface area contributed by atoms with Crippen LogP contribution in [0.2, 0.25) is 0 Å². The first-order valence-corrected chi connectivity index (χ1v) is 3.47. The van der Waals surface area contributed by atoms with E-state index in [4.69, 9.17) is 4.84 Å². The smallest absolute Gasteiger partial charge is 0.125 e. The average molecular weight is 129 g/mol. The zero-order chi connectivity index (χ0) is 7.28. The van der Waals surface area contributed by atoms with Gasteiger partial charge >= 0.3 is 0 Å². The van der Waals surface area contributed by atoms with E-state index < -0.39 is 0 Å². The van der Waals surface area contributed by atoms with Gasteiger partial charge in [-0.1, -0.05) is 25.9 Å². The Bertz CT molecular complexity index is 99.1. The summed E-state index contributed by atoms with van der Waals surface area (Å²) in [4.78, 5) is 4.76. The largest absolute Gasteiger partial charge is 0.395 e. The highest BCUT2D eigenvalue weighted by Crippen LogP contribution is 2.06. The Morgan fingerprint density at radius 2 is 2.11 bits per heavy atom. The lowest BCUT2D eigenvalue weighted by atomic mass is 10.1. The molecule has 0 radical (unpaired) electrons. The number of hydrogen-bond donors (Lipinski definition) is 0. The van der Waals surface area contributed by atoms with Crippen LogP contribution < -0.4 is 0 Å². The number of nitrogens with zero attached hydrogens (tertiary/aromatic N) is 1. The molecular formula is C7H15NO. The van der Waals surface area contributed by atoms with Crippen molar-refractivity contribution in [1.29, 1.82) is 0 Å². The molecule has 0 saturated heterocycles. The van der Waals surface area contributed by atoms with Crippen molar-refractivity contribution in [2.45, 2.75) is 27.7 Å². The molecule has 1 aliphatic rings. The lowest BCUT2D eigenvalue weighted by molar-refractivity contribution is 0.158. The maximum Gasteiger partial charge on any atom is 0.125 e. The Hall–Kier alpha value is -0.530. The van der Waals surface area contributed by atoms with Crippen molar-refractivity contribution in [3.05, 3.63) is 0 Å². The van der Waals surface area contributed by atoms with Crippen molar-refractivity contribution in [3.8, 4) is 0 Å². The van der Waals surface area contributed by atoms with Gasteiger partial charge in [0.05, 0.1) is 5.71 Å². The van der Waals surface area contributed by atoms with Crippen molar-refractivity contribution in [2.24, 2.45) is 11.1 Å². The number of rotatable bonds is 0. The summed E-state index contributed by atoms with van der Waals surface area (Å²) in [5.41, 5.74) is 1.11. The number of oxime groups is 1. The first-order valence-electron chi connectivity index (χ1n) is 3.47. The third-order valence-electron chi connectivity index (χ3n) is 1.25. The fourth-order valence-corrected chi connectivity index (χ4v) is 0.461. The van der Waals surface area contributed by atoms with Crippen molar-refractivity contribution in [2.75, 3.05) is 6.61 Å². The van der Waals surface area contributed by atoms with Gasteiger partial charge in [-0.3, -0.25) is 0 Å². The van der Waals surface area contributed by atoms with Gasteiger partial charge in [0.25, 0.3) is 0 Å². The summed E-state index contributed by atoms with van der Waals surface area (Å²) in [6.45, 7) is 8.86. The second-order valence-corrected chi connectivity index (χ2v) is 1.93. The van der Waals surface area contributed by atoms with Crippen molar-refractivity contribution in [3.63, 3.8) is 0 Å². The minimum absolute atomic E-state index is 0.542. The SMILES string of the molecule is CC.CC1=NOCC1C. The lowest BCUT2D eigenvalue weighted by Crippen LogP contribution is -2.02. The second-order valence-electron chi connectivity index (χ2n) is 1.93. The van der Waals surface area contributed by atoms with Crippen LogP contribution in [0, 0.1) is 5.92 Å². The van der Waals surface area contributed by atoms with E-state index in [1.165, 1.54) is 0 Å². The Morgan fingerprint density at radius 3 is 2.22 bits per heavy atom. The second kappa shape index (κ2) is 4.36. The van der Waals surface area contributed by atoms with Crippen LogP contribution in [-0.2, 0) is 4.84 Å². The summed E-state index contributed by atoms with van der Waals surface area (Å²) in [6, 6.07) is 0. The van der Waals surface area contributed by atoms with Gasteiger partial charge in [-0.2, -0.15) is 0 Å². The molecule has 0 aliphatic carbocycles. The predicted molar refractivity (Wildman–Crippen MR) is 39.6 cm³/mol. The van der Waals surface area contributed by atoms with E-state index in [1.54, 1.807) is 0 Å². The molecule has 2 heteroatoms. The molecule has 1 atom stereocenters. The molecule has 0 amide bonds. The maximum absolute atomic E-state index is 4.76. The van der Waals surface area contributed by atoms with Gasteiger partial charge in [0.15, 0.2) is 0 Å². The summed E-state index contributed by atoms with van der Waals surface area (Å²) >= 11 is 0. The monoisotopic (exact) mass is 129 g/mol. The predicted octanol–water partition coefficient (Wildman–Crippen LogP) is 2.05. The number of hydrogen-bond acceptors (Lipinski definition) is 2. The van der Waals surface area contributed by atoms with Gasteiger partial charge in [0.1, 0.15) is 6.61 Å². The van der Waals surface area contributed by atoms with Crippen molar-refractivity contribution < 1.29 is 4.84 Å². The molecule has 1 aliphatic heterocycles. The van der Waals surface area contributed by atoms with Gasteiger partial charge in [0.2, 0.25) is 0 Å². The molecule has 0 aromatic rings. The molecule has 0 spiro atoms. The van der Waals surface area contributed by atoms with Crippen LogP contribution >= 0.6 is 0 Å². The molecule has 0 aromatic carbocycles. The van der Waals surface area contributed by atoms with Crippen LogP contribution in [0.4, 0.5) is 0 Å². The van der Waals surface area contributed by atoms with Crippen LogP contribution in [0.25, 0.3) is 0 Å². The van der Waals surface area contributed by atoms with Crippen LogP contribution in [0.3, 0.4) is 0 Å². The van der Waals surface area contributed by atoms with Gasteiger partial charge in [-0.25, -0.2) is 0 Å². The highest BCUT2D eigenvalue weighted by molar-refractivity contribution is 5.84. The third-order valence-corrected chi connectivity index (χ3v) is 1.25. The summed E-state index contributed by atoms with van der Waals surface area (Å²) in [7, 11) is 0. The Balaban J connectivity index is 0.000000291.